The van der Waals surface area contributed by atoms with Crippen LogP contribution in [0.25, 0.3) is 0 Å². The van der Waals surface area contributed by atoms with E-state index in [4.69, 9.17) is 9.15 Å². The topological polar surface area (TPSA) is 68.5 Å². The first-order chi connectivity index (χ1) is 10.2. The summed E-state index contributed by atoms with van der Waals surface area (Å²) in [6, 6.07) is 10.7. The summed E-state index contributed by atoms with van der Waals surface area (Å²) >= 11 is 0. The van der Waals surface area contributed by atoms with Gasteiger partial charge < -0.3 is 14.5 Å². The molecule has 2 rings (SSSR count). The maximum atomic E-state index is 11.8. The number of ether oxygens (including phenoxy) is 1. The molecule has 0 aliphatic carbocycles. The zero-order valence-corrected chi connectivity index (χ0v) is 11.8. The van der Waals surface area contributed by atoms with Gasteiger partial charge in [-0.2, -0.15) is 0 Å². The third-order valence-electron chi connectivity index (χ3n) is 3.04. The van der Waals surface area contributed by atoms with Crippen molar-refractivity contribution in [3.63, 3.8) is 0 Å². The minimum atomic E-state index is -0.180. The lowest BCUT2D eigenvalue weighted by atomic mass is 10.1. The Morgan fingerprint density at radius 2 is 1.95 bits per heavy atom. The van der Waals surface area contributed by atoms with E-state index in [1.165, 1.54) is 6.26 Å². The molecule has 0 radical (unpaired) electrons. The van der Waals surface area contributed by atoms with Crippen LogP contribution in [0.4, 0.5) is 0 Å². The van der Waals surface area contributed by atoms with E-state index in [9.17, 15) is 9.59 Å². The molecule has 0 spiro atoms. The van der Waals surface area contributed by atoms with Gasteiger partial charge in [-0.05, 0) is 18.2 Å². The van der Waals surface area contributed by atoms with Crippen molar-refractivity contribution in [1.82, 2.24) is 5.32 Å². The third kappa shape index (κ3) is 4.21. The zero-order chi connectivity index (χ0) is 15.1. The Hall–Kier alpha value is -2.56. The van der Waals surface area contributed by atoms with Crippen molar-refractivity contribution < 1.29 is 18.7 Å². The minimum Gasteiger partial charge on any atom is -0.496 e. The molecule has 1 heterocycles. The zero-order valence-electron chi connectivity index (χ0n) is 11.8. The number of para-hydroxylation sites is 1. The number of ketones is 1. The van der Waals surface area contributed by atoms with Crippen LogP contribution in [0.1, 0.15) is 29.0 Å². The first-order valence-corrected chi connectivity index (χ1v) is 6.66. The Morgan fingerprint density at radius 3 is 2.67 bits per heavy atom. The van der Waals surface area contributed by atoms with Crippen molar-refractivity contribution in [2.45, 2.75) is 19.4 Å². The molecular formula is C16H17NO4. The fourth-order valence-electron chi connectivity index (χ4n) is 1.92. The van der Waals surface area contributed by atoms with Crippen LogP contribution in [0.3, 0.4) is 0 Å². The number of carbonyl (C=O) groups is 2. The third-order valence-corrected chi connectivity index (χ3v) is 3.04. The van der Waals surface area contributed by atoms with E-state index in [0.717, 1.165) is 11.3 Å². The Morgan fingerprint density at radius 1 is 1.14 bits per heavy atom. The van der Waals surface area contributed by atoms with E-state index in [-0.39, 0.29) is 30.3 Å². The number of benzene rings is 1. The molecule has 0 saturated heterocycles. The van der Waals surface area contributed by atoms with Crippen LogP contribution in [-0.4, -0.2) is 18.8 Å². The lowest BCUT2D eigenvalue weighted by Gasteiger charge is -2.09. The van der Waals surface area contributed by atoms with Gasteiger partial charge >= 0.3 is 0 Å². The maximum Gasteiger partial charge on any atom is 0.220 e. The standard InChI is InChI=1S/C16H17NO4/c1-20-14-6-3-2-5-12(14)11-17-16(19)9-8-13(18)15-7-4-10-21-15/h2-7,10H,8-9,11H2,1H3,(H,17,19). The number of hydrogen-bond donors (Lipinski definition) is 1. The number of carbonyl (C=O) groups excluding carboxylic acids is 2. The number of nitrogens with one attached hydrogen (secondary N) is 1. The number of rotatable bonds is 7. The molecule has 5 nitrogen and oxygen atoms in total. The van der Waals surface area contributed by atoms with Crippen LogP contribution in [0.15, 0.2) is 47.1 Å². The van der Waals surface area contributed by atoms with Crippen LogP contribution in [-0.2, 0) is 11.3 Å². The van der Waals surface area contributed by atoms with Gasteiger partial charge in [-0.15, -0.1) is 0 Å². The maximum absolute atomic E-state index is 11.8. The number of Topliss-reactive ketones (excluding diaryl/α,β-unsaturated/α-hetero) is 1. The van der Waals surface area contributed by atoms with Crippen LogP contribution >= 0.6 is 0 Å². The fraction of sp³-hybridized carbons (Fsp3) is 0.250. The Balaban J connectivity index is 1.78. The van der Waals surface area contributed by atoms with Crippen molar-refractivity contribution in [2.75, 3.05) is 7.11 Å². The van der Waals surface area contributed by atoms with Crippen LogP contribution < -0.4 is 10.1 Å². The number of hydrogen-bond acceptors (Lipinski definition) is 4. The van der Waals surface area contributed by atoms with Crippen LogP contribution in [0.5, 0.6) is 5.75 Å². The summed E-state index contributed by atoms with van der Waals surface area (Å²) in [5.41, 5.74) is 0.894. The summed E-state index contributed by atoms with van der Waals surface area (Å²) in [6.45, 7) is 0.373. The molecule has 0 bridgehead atoms. The smallest absolute Gasteiger partial charge is 0.220 e. The average molecular weight is 287 g/mol. The predicted octanol–water partition coefficient (Wildman–Crippen LogP) is 2.57. The van der Waals surface area contributed by atoms with Crippen molar-refractivity contribution >= 4 is 11.7 Å². The SMILES string of the molecule is COc1ccccc1CNC(=O)CCC(=O)c1ccco1. The van der Waals surface area contributed by atoms with Gasteiger partial charge in [0.15, 0.2) is 11.5 Å². The highest BCUT2D eigenvalue weighted by atomic mass is 16.5. The number of amides is 1. The van der Waals surface area contributed by atoms with Gasteiger partial charge in [0.25, 0.3) is 0 Å². The molecule has 1 N–H and O–H groups in total. The summed E-state index contributed by atoms with van der Waals surface area (Å²) < 4.78 is 10.2. The first kappa shape index (κ1) is 14.8. The lowest BCUT2D eigenvalue weighted by molar-refractivity contribution is -0.121. The Labute approximate surface area is 122 Å². The van der Waals surface area contributed by atoms with E-state index in [0.29, 0.717) is 6.54 Å². The molecule has 0 unspecified atom stereocenters. The Bertz CT molecular complexity index is 604. The number of furan rings is 1. The molecule has 1 amide bonds. The van der Waals surface area contributed by atoms with Crippen molar-refractivity contribution in [3.05, 3.63) is 54.0 Å². The summed E-state index contributed by atoms with van der Waals surface area (Å²) in [5.74, 6) is 0.658. The van der Waals surface area contributed by atoms with Crippen molar-refractivity contribution in [2.24, 2.45) is 0 Å². The van der Waals surface area contributed by atoms with Gasteiger partial charge in [-0.3, -0.25) is 9.59 Å². The van der Waals surface area contributed by atoms with E-state index in [1.807, 2.05) is 24.3 Å². The van der Waals surface area contributed by atoms with Gasteiger partial charge in [0.05, 0.1) is 13.4 Å². The molecule has 0 aliphatic rings. The molecule has 2 aromatic rings. The second kappa shape index (κ2) is 7.28. The molecule has 110 valence electrons. The number of methoxy groups -OCH3 is 1. The molecule has 0 saturated carbocycles. The highest BCUT2D eigenvalue weighted by Crippen LogP contribution is 2.16. The normalized spacial score (nSPS) is 10.1. The molecule has 1 aromatic heterocycles. The second-order valence-corrected chi connectivity index (χ2v) is 4.49. The molecular weight excluding hydrogens is 270 g/mol. The molecule has 0 atom stereocenters. The van der Waals surface area contributed by atoms with Gasteiger partial charge in [0, 0.05) is 24.9 Å². The Kier molecular flexibility index (Phi) is 5.15. The summed E-state index contributed by atoms with van der Waals surface area (Å²) in [6.07, 6.45) is 1.70. The molecule has 0 aliphatic heterocycles. The van der Waals surface area contributed by atoms with Gasteiger partial charge in [-0.25, -0.2) is 0 Å². The second-order valence-electron chi connectivity index (χ2n) is 4.49. The molecule has 5 heteroatoms. The first-order valence-electron chi connectivity index (χ1n) is 6.66. The summed E-state index contributed by atoms with van der Waals surface area (Å²) in [5, 5.41) is 2.77. The van der Waals surface area contributed by atoms with Gasteiger partial charge in [-0.1, -0.05) is 18.2 Å². The summed E-state index contributed by atoms with van der Waals surface area (Å²) in [7, 11) is 1.59. The van der Waals surface area contributed by atoms with E-state index in [1.54, 1.807) is 19.2 Å². The summed E-state index contributed by atoms with van der Waals surface area (Å²) in [4.78, 5) is 23.4. The quantitative estimate of drug-likeness (QED) is 0.795. The molecule has 1 aromatic carbocycles. The largest absolute Gasteiger partial charge is 0.496 e. The average Bonchev–Trinajstić information content (AvgIpc) is 3.05. The van der Waals surface area contributed by atoms with E-state index < -0.39 is 0 Å². The minimum absolute atomic E-state index is 0.130. The molecule has 21 heavy (non-hydrogen) atoms. The van der Waals surface area contributed by atoms with Gasteiger partial charge in [0.2, 0.25) is 5.91 Å². The predicted molar refractivity (Wildman–Crippen MR) is 77.1 cm³/mol. The lowest BCUT2D eigenvalue weighted by Crippen LogP contribution is -2.23. The highest BCUT2D eigenvalue weighted by Gasteiger charge is 2.11. The van der Waals surface area contributed by atoms with Crippen molar-refractivity contribution in [3.8, 4) is 5.75 Å². The monoisotopic (exact) mass is 287 g/mol. The van der Waals surface area contributed by atoms with Crippen LogP contribution in [0.2, 0.25) is 0 Å². The molecule has 0 fully saturated rings. The van der Waals surface area contributed by atoms with E-state index >= 15 is 0 Å². The van der Waals surface area contributed by atoms with Crippen molar-refractivity contribution in [1.29, 1.82) is 0 Å². The van der Waals surface area contributed by atoms with Gasteiger partial charge in [0.1, 0.15) is 5.75 Å². The van der Waals surface area contributed by atoms with Crippen LogP contribution in [0, 0.1) is 0 Å². The van der Waals surface area contributed by atoms with E-state index in [2.05, 4.69) is 5.32 Å². The highest BCUT2D eigenvalue weighted by molar-refractivity contribution is 5.95. The fourth-order valence-corrected chi connectivity index (χ4v) is 1.92.